The van der Waals surface area contributed by atoms with Gasteiger partial charge in [-0.25, -0.2) is 9.78 Å². The maximum absolute atomic E-state index is 10.5. The standard InChI is InChI=1S/C6H9N3O2/c1-2-9(6(10)11)5-3-7-4-8-5/h3-4H,2H2,1H3,(H,7,8)(H,10,11). The van der Waals surface area contributed by atoms with E-state index in [1.54, 1.807) is 6.92 Å². The van der Waals surface area contributed by atoms with Gasteiger partial charge in [-0.3, -0.25) is 4.90 Å². The topological polar surface area (TPSA) is 69.2 Å². The lowest BCUT2D eigenvalue weighted by Crippen LogP contribution is -2.28. The van der Waals surface area contributed by atoms with Gasteiger partial charge in [0.1, 0.15) is 0 Å². The molecular weight excluding hydrogens is 146 g/mol. The van der Waals surface area contributed by atoms with Crippen LogP contribution >= 0.6 is 0 Å². The number of carboxylic acid groups (broad SMARTS) is 1. The number of H-pyrrole nitrogens is 1. The van der Waals surface area contributed by atoms with E-state index in [2.05, 4.69) is 9.97 Å². The number of nitrogens with one attached hydrogen (secondary N) is 1. The van der Waals surface area contributed by atoms with Crippen LogP contribution in [0.3, 0.4) is 0 Å². The van der Waals surface area contributed by atoms with Gasteiger partial charge in [-0.05, 0) is 6.92 Å². The quantitative estimate of drug-likeness (QED) is 0.667. The molecule has 1 aromatic rings. The molecule has 0 saturated heterocycles. The molecule has 1 rings (SSSR count). The number of anilines is 1. The summed E-state index contributed by atoms with van der Waals surface area (Å²) in [6.45, 7) is 2.16. The molecule has 0 unspecified atom stereocenters. The summed E-state index contributed by atoms with van der Waals surface area (Å²) in [5.41, 5.74) is 0. The highest BCUT2D eigenvalue weighted by Crippen LogP contribution is 2.06. The Labute approximate surface area is 63.7 Å². The number of rotatable bonds is 2. The van der Waals surface area contributed by atoms with Crippen LogP contribution in [0.4, 0.5) is 10.6 Å². The first-order valence-electron chi connectivity index (χ1n) is 3.25. The van der Waals surface area contributed by atoms with E-state index in [1.807, 2.05) is 0 Å². The van der Waals surface area contributed by atoms with Crippen molar-refractivity contribution < 1.29 is 9.90 Å². The lowest BCUT2D eigenvalue weighted by atomic mass is 10.5. The summed E-state index contributed by atoms with van der Waals surface area (Å²) in [5, 5.41) is 8.62. The minimum Gasteiger partial charge on any atom is -0.465 e. The van der Waals surface area contributed by atoms with Crippen LogP contribution in [0.1, 0.15) is 6.92 Å². The average Bonchev–Trinajstić information content (AvgIpc) is 2.40. The third kappa shape index (κ3) is 1.49. The van der Waals surface area contributed by atoms with Gasteiger partial charge in [0.05, 0.1) is 6.33 Å². The largest absolute Gasteiger partial charge is 0.465 e. The monoisotopic (exact) mass is 155 g/mol. The van der Waals surface area contributed by atoms with Gasteiger partial charge in [0.2, 0.25) is 0 Å². The third-order valence-corrected chi connectivity index (χ3v) is 1.31. The molecular formula is C6H9N3O2. The van der Waals surface area contributed by atoms with Crippen LogP contribution in [0.2, 0.25) is 0 Å². The first kappa shape index (κ1) is 7.59. The summed E-state index contributed by atoms with van der Waals surface area (Å²) >= 11 is 0. The lowest BCUT2D eigenvalue weighted by molar-refractivity contribution is 0.202. The number of aromatic nitrogens is 2. The third-order valence-electron chi connectivity index (χ3n) is 1.31. The van der Waals surface area contributed by atoms with Crippen LogP contribution in [0, 0.1) is 0 Å². The summed E-state index contributed by atoms with van der Waals surface area (Å²) in [6, 6.07) is 0. The Kier molecular flexibility index (Phi) is 2.10. The van der Waals surface area contributed by atoms with Crippen molar-refractivity contribution in [2.45, 2.75) is 6.92 Å². The van der Waals surface area contributed by atoms with Crippen molar-refractivity contribution in [1.82, 2.24) is 9.97 Å². The zero-order valence-corrected chi connectivity index (χ0v) is 6.11. The molecule has 0 aromatic carbocycles. The van der Waals surface area contributed by atoms with Crippen molar-refractivity contribution in [3.8, 4) is 0 Å². The molecule has 1 heterocycles. The molecule has 1 amide bonds. The number of imidazole rings is 1. The average molecular weight is 155 g/mol. The Bertz CT molecular complexity index is 232. The van der Waals surface area contributed by atoms with E-state index >= 15 is 0 Å². The molecule has 5 nitrogen and oxygen atoms in total. The van der Waals surface area contributed by atoms with Crippen molar-refractivity contribution in [2.75, 3.05) is 11.4 Å². The normalized spacial score (nSPS) is 9.55. The molecule has 0 fully saturated rings. The van der Waals surface area contributed by atoms with E-state index in [0.29, 0.717) is 12.4 Å². The van der Waals surface area contributed by atoms with Crippen molar-refractivity contribution in [2.24, 2.45) is 0 Å². The second-order valence-corrected chi connectivity index (χ2v) is 1.95. The smallest absolute Gasteiger partial charge is 0.413 e. The summed E-state index contributed by atoms with van der Waals surface area (Å²) in [7, 11) is 0. The zero-order valence-electron chi connectivity index (χ0n) is 6.11. The van der Waals surface area contributed by atoms with E-state index in [1.165, 1.54) is 12.5 Å². The number of hydrogen-bond acceptors (Lipinski definition) is 2. The second-order valence-electron chi connectivity index (χ2n) is 1.95. The van der Waals surface area contributed by atoms with Crippen LogP contribution in [0.25, 0.3) is 0 Å². The molecule has 0 radical (unpaired) electrons. The summed E-state index contributed by atoms with van der Waals surface area (Å²) in [6.07, 6.45) is 2.00. The lowest BCUT2D eigenvalue weighted by Gasteiger charge is -2.12. The molecule has 0 saturated carbocycles. The van der Waals surface area contributed by atoms with Gasteiger partial charge in [-0.2, -0.15) is 0 Å². The van der Waals surface area contributed by atoms with Crippen LogP contribution in [-0.4, -0.2) is 27.7 Å². The molecule has 1 aromatic heterocycles. The van der Waals surface area contributed by atoms with Gasteiger partial charge >= 0.3 is 6.09 Å². The van der Waals surface area contributed by atoms with Crippen molar-refractivity contribution in [1.29, 1.82) is 0 Å². The highest BCUT2D eigenvalue weighted by molar-refractivity contribution is 5.84. The fourth-order valence-electron chi connectivity index (χ4n) is 0.795. The highest BCUT2D eigenvalue weighted by atomic mass is 16.4. The van der Waals surface area contributed by atoms with E-state index in [-0.39, 0.29) is 0 Å². The second kappa shape index (κ2) is 3.05. The molecule has 0 aliphatic heterocycles. The Morgan fingerprint density at radius 2 is 2.64 bits per heavy atom. The summed E-state index contributed by atoms with van der Waals surface area (Å²) < 4.78 is 0. The Balaban J connectivity index is 2.79. The first-order valence-corrected chi connectivity index (χ1v) is 3.25. The predicted molar refractivity (Wildman–Crippen MR) is 39.6 cm³/mol. The molecule has 5 heteroatoms. The zero-order chi connectivity index (χ0) is 8.27. The Hall–Kier alpha value is -1.52. The highest BCUT2D eigenvalue weighted by Gasteiger charge is 2.12. The van der Waals surface area contributed by atoms with Crippen LogP contribution in [0.5, 0.6) is 0 Å². The molecule has 11 heavy (non-hydrogen) atoms. The fraction of sp³-hybridized carbons (Fsp3) is 0.333. The van der Waals surface area contributed by atoms with Crippen molar-refractivity contribution >= 4 is 11.9 Å². The van der Waals surface area contributed by atoms with Crippen LogP contribution in [0.15, 0.2) is 12.5 Å². The SMILES string of the molecule is CCN(C(=O)O)c1c[nH]cn1. The number of hydrogen-bond donors (Lipinski definition) is 2. The number of aromatic amines is 1. The molecule has 2 N–H and O–H groups in total. The van der Waals surface area contributed by atoms with E-state index in [9.17, 15) is 4.79 Å². The van der Waals surface area contributed by atoms with E-state index < -0.39 is 6.09 Å². The molecule has 0 atom stereocenters. The Morgan fingerprint density at radius 3 is 3.00 bits per heavy atom. The maximum Gasteiger partial charge on any atom is 0.413 e. The molecule has 0 bridgehead atoms. The fourth-order valence-corrected chi connectivity index (χ4v) is 0.795. The number of amides is 1. The van der Waals surface area contributed by atoms with Crippen LogP contribution in [-0.2, 0) is 0 Å². The van der Waals surface area contributed by atoms with Gasteiger partial charge < -0.3 is 10.1 Å². The van der Waals surface area contributed by atoms with E-state index in [0.717, 1.165) is 4.90 Å². The molecule has 0 aliphatic rings. The molecule has 0 aliphatic carbocycles. The van der Waals surface area contributed by atoms with E-state index in [4.69, 9.17) is 5.11 Å². The molecule has 0 spiro atoms. The van der Waals surface area contributed by atoms with Crippen molar-refractivity contribution in [3.63, 3.8) is 0 Å². The minimum absolute atomic E-state index is 0.403. The molecule has 60 valence electrons. The number of carbonyl (C=O) groups is 1. The predicted octanol–water partition coefficient (Wildman–Crippen LogP) is 0.914. The Morgan fingerprint density at radius 1 is 1.91 bits per heavy atom. The van der Waals surface area contributed by atoms with Gasteiger partial charge in [-0.15, -0.1) is 0 Å². The first-order chi connectivity index (χ1) is 5.25. The summed E-state index contributed by atoms with van der Waals surface area (Å²) in [5.74, 6) is 0.431. The van der Waals surface area contributed by atoms with Gasteiger partial charge in [0.15, 0.2) is 5.82 Å². The number of nitrogens with zero attached hydrogens (tertiary/aromatic N) is 2. The van der Waals surface area contributed by atoms with Gasteiger partial charge in [-0.1, -0.05) is 0 Å². The summed E-state index contributed by atoms with van der Waals surface area (Å²) in [4.78, 5) is 18.1. The van der Waals surface area contributed by atoms with Crippen LogP contribution < -0.4 is 4.90 Å². The van der Waals surface area contributed by atoms with Crippen molar-refractivity contribution in [3.05, 3.63) is 12.5 Å². The maximum atomic E-state index is 10.5. The minimum atomic E-state index is -0.986. The van der Waals surface area contributed by atoms with Gasteiger partial charge in [0.25, 0.3) is 0 Å². The van der Waals surface area contributed by atoms with Gasteiger partial charge in [0, 0.05) is 12.7 Å².